The van der Waals surface area contributed by atoms with Crippen LogP contribution in [0.5, 0.6) is 0 Å². The summed E-state index contributed by atoms with van der Waals surface area (Å²) in [5.41, 5.74) is 7.76. The van der Waals surface area contributed by atoms with Crippen molar-refractivity contribution in [1.29, 1.82) is 0 Å². The molecule has 1 unspecified atom stereocenters. The van der Waals surface area contributed by atoms with Gasteiger partial charge in [-0.3, -0.25) is 4.68 Å². The molecule has 0 aromatic carbocycles. The molecule has 0 saturated heterocycles. The van der Waals surface area contributed by atoms with Gasteiger partial charge < -0.3 is 5.73 Å². The highest BCUT2D eigenvalue weighted by atomic mass is 35.5. The maximum atomic E-state index is 6.23. The van der Waals surface area contributed by atoms with Crippen LogP contribution in [0.3, 0.4) is 0 Å². The zero-order valence-electron chi connectivity index (χ0n) is 9.82. The zero-order valence-corrected chi connectivity index (χ0v) is 12.9. The van der Waals surface area contributed by atoms with Crippen molar-refractivity contribution < 1.29 is 0 Å². The number of nitrogens with two attached hydrogens (primary N) is 1. The lowest BCUT2D eigenvalue weighted by molar-refractivity contribution is 0.499. The van der Waals surface area contributed by atoms with Crippen molar-refractivity contribution in [3.63, 3.8) is 0 Å². The smallest absolute Gasteiger partial charge is 0.0995 e. The SMILES string of the molecule is CC(C)n1ncc(Cl)c1C(N)c1cc(Cl)sc1Cl. The highest BCUT2D eigenvalue weighted by molar-refractivity contribution is 7.20. The average Bonchev–Trinajstić information content (AvgIpc) is 2.81. The predicted octanol–water partition coefficient (Wildman–Crippen LogP) is 4.53. The van der Waals surface area contributed by atoms with Crippen molar-refractivity contribution in [3.8, 4) is 0 Å². The monoisotopic (exact) mass is 323 g/mol. The fraction of sp³-hybridized carbons (Fsp3) is 0.364. The molecule has 0 bridgehead atoms. The Kier molecular flexibility index (Phi) is 4.24. The lowest BCUT2D eigenvalue weighted by Gasteiger charge is -2.17. The second kappa shape index (κ2) is 5.39. The summed E-state index contributed by atoms with van der Waals surface area (Å²) in [5.74, 6) is 0. The van der Waals surface area contributed by atoms with Gasteiger partial charge in [0.05, 0.1) is 31.6 Å². The Morgan fingerprint density at radius 1 is 1.33 bits per heavy atom. The van der Waals surface area contributed by atoms with E-state index in [-0.39, 0.29) is 6.04 Å². The molecule has 2 heterocycles. The summed E-state index contributed by atoms with van der Waals surface area (Å²) >= 11 is 19.5. The van der Waals surface area contributed by atoms with Gasteiger partial charge in [-0.2, -0.15) is 5.10 Å². The summed E-state index contributed by atoms with van der Waals surface area (Å²) in [6.45, 7) is 4.03. The molecule has 2 rings (SSSR count). The second-order valence-corrected chi connectivity index (χ2v) is 6.87. The topological polar surface area (TPSA) is 43.8 Å². The van der Waals surface area contributed by atoms with E-state index in [0.717, 1.165) is 11.3 Å². The van der Waals surface area contributed by atoms with Gasteiger partial charge in [0, 0.05) is 11.6 Å². The highest BCUT2D eigenvalue weighted by Gasteiger charge is 2.23. The number of hydrogen-bond acceptors (Lipinski definition) is 3. The first-order valence-corrected chi connectivity index (χ1v) is 7.30. The van der Waals surface area contributed by atoms with Gasteiger partial charge in [-0.25, -0.2) is 0 Å². The maximum absolute atomic E-state index is 6.23. The fourth-order valence-corrected chi connectivity index (χ4v) is 3.56. The number of halogens is 3. The van der Waals surface area contributed by atoms with Gasteiger partial charge in [0.2, 0.25) is 0 Å². The molecule has 2 aromatic rings. The van der Waals surface area contributed by atoms with E-state index >= 15 is 0 Å². The molecule has 0 fully saturated rings. The Hall–Kier alpha value is -0.260. The van der Waals surface area contributed by atoms with E-state index in [4.69, 9.17) is 40.5 Å². The summed E-state index contributed by atoms with van der Waals surface area (Å²) in [6.07, 6.45) is 1.60. The predicted molar refractivity (Wildman–Crippen MR) is 78.0 cm³/mol. The average molecular weight is 325 g/mol. The lowest BCUT2D eigenvalue weighted by Crippen LogP contribution is -2.19. The van der Waals surface area contributed by atoms with E-state index < -0.39 is 6.04 Å². The van der Waals surface area contributed by atoms with Crippen LogP contribution in [0.4, 0.5) is 0 Å². The normalized spacial score (nSPS) is 13.3. The van der Waals surface area contributed by atoms with Gasteiger partial charge in [0.1, 0.15) is 0 Å². The van der Waals surface area contributed by atoms with Gasteiger partial charge in [0.15, 0.2) is 0 Å². The van der Waals surface area contributed by atoms with E-state index in [9.17, 15) is 0 Å². The highest BCUT2D eigenvalue weighted by Crippen LogP contribution is 2.38. The standard InChI is InChI=1S/C11H12Cl3N3S/c1-5(2)17-10(7(12)4-16-17)9(15)6-3-8(13)18-11(6)14/h3-5,9H,15H2,1-2H3. The van der Waals surface area contributed by atoms with Crippen molar-refractivity contribution in [2.45, 2.75) is 25.9 Å². The Balaban J connectivity index is 2.48. The molecule has 18 heavy (non-hydrogen) atoms. The third kappa shape index (κ3) is 2.53. The largest absolute Gasteiger partial charge is 0.319 e. The van der Waals surface area contributed by atoms with Crippen LogP contribution in [0.2, 0.25) is 13.7 Å². The van der Waals surface area contributed by atoms with Gasteiger partial charge >= 0.3 is 0 Å². The van der Waals surface area contributed by atoms with Crippen molar-refractivity contribution in [1.82, 2.24) is 9.78 Å². The molecule has 7 heteroatoms. The summed E-state index contributed by atoms with van der Waals surface area (Å²) < 4.78 is 2.99. The minimum atomic E-state index is -0.432. The van der Waals surface area contributed by atoms with Crippen LogP contribution in [-0.4, -0.2) is 9.78 Å². The van der Waals surface area contributed by atoms with E-state index in [1.807, 2.05) is 13.8 Å². The minimum Gasteiger partial charge on any atom is -0.319 e. The van der Waals surface area contributed by atoms with Crippen LogP contribution >= 0.6 is 46.1 Å². The number of thiophene rings is 1. The van der Waals surface area contributed by atoms with Crippen LogP contribution in [0.15, 0.2) is 12.3 Å². The fourth-order valence-electron chi connectivity index (χ4n) is 1.77. The molecule has 0 aliphatic rings. The zero-order chi connectivity index (χ0) is 13.4. The van der Waals surface area contributed by atoms with Crippen LogP contribution < -0.4 is 5.73 Å². The number of rotatable bonds is 3. The molecule has 2 aromatic heterocycles. The first-order chi connectivity index (χ1) is 8.41. The molecule has 0 amide bonds. The van der Waals surface area contributed by atoms with Gasteiger partial charge in [-0.15, -0.1) is 11.3 Å². The van der Waals surface area contributed by atoms with Crippen molar-refractivity contribution in [3.05, 3.63) is 37.2 Å². The molecule has 0 saturated carbocycles. The number of hydrogen-bond donors (Lipinski definition) is 1. The van der Waals surface area contributed by atoms with Crippen molar-refractivity contribution >= 4 is 46.1 Å². The van der Waals surface area contributed by atoms with E-state index in [1.165, 1.54) is 11.3 Å². The van der Waals surface area contributed by atoms with Gasteiger partial charge in [-0.1, -0.05) is 34.8 Å². The van der Waals surface area contributed by atoms with Crippen LogP contribution in [0.25, 0.3) is 0 Å². The Morgan fingerprint density at radius 3 is 2.50 bits per heavy atom. The first-order valence-electron chi connectivity index (χ1n) is 5.35. The van der Waals surface area contributed by atoms with Crippen molar-refractivity contribution in [2.24, 2.45) is 5.73 Å². The van der Waals surface area contributed by atoms with E-state index in [2.05, 4.69) is 5.10 Å². The maximum Gasteiger partial charge on any atom is 0.0995 e. The summed E-state index contributed by atoms with van der Waals surface area (Å²) in [5, 5.41) is 4.77. The molecule has 1 atom stereocenters. The molecular formula is C11H12Cl3N3S. The molecule has 3 nitrogen and oxygen atoms in total. The number of nitrogens with zero attached hydrogens (tertiary/aromatic N) is 2. The third-order valence-electron chi connectivity index (χ3n) is 2.59. The summed E-state index contributed by atoms with van der Waals surface area (Å²) in [6, 6.07) is 1.51. The summed E-state index contributed by atoms with van der Waals surface area (Å²) in [4.78, 5) is 0. The Morgan fingerprint density at radius 2 is 2.00 bits per heavy atom. The third-order valence-corrected chi connectivity index (χ3v) is 4.40. The van der Waals surface area contributed by atoms with Crippen LogP contribution in [0, 0.1) is 0 Å². The van der Waals surface area contributed by atoms with Crippen LogP contribution in [0.1, 0.15) is 37.2 Å². The van der Waals surface area contributed by atoms with Gasteiger partial charge in [0.25, 0.3) is 0 Å². The van der Waals surface area contributed by atoms with E-state index in [0.29, 0.717) is 13.7 Å². The molecule has 0 spiro atoms. The molecular weight excluding hydrogens is 313 g/mol. The minimum absolute atomic E-state index is 0.173. The summed E-state index contributed by atoms with van der Waals surface area (Å²) in [7, 11) is 0. The molecule has 0 radical (unpaired) electrons. The quantitative estimate of drug-likeness (QED) is 0.901. The Labute approximate surface area is 124 Å². The van der Waals surface area contributed by atoms with Crippen LogP contribution in [-0.2, 0) is 0 Å². The Bertz CT molecular complexity index is 562. The molecule has 98 valence electrons. The first kappa shape index (κ1) is 14.2. The second-order valence-electron chi connectivity index (χ2n) is 4.17. The molecule has 0 aliphatic carbocycles. The lowest BCUT2D eigenvalue weighted by atomic mass is 10.1. The number of aromatic nitrogens is 2. The van der Waals surface area contributed by atoms with Gasteiger partial charge in [-0.05, 0) is 19.9 Å². The van der Waals surface area contributed by atoms with Crippen molar-refractivity contribution in [2.75, 3.05) is 0 Å². The molecule has 2 N–H and O–H groups in total. The van der Waals surface area contributed by atoms with E-state index in [1.54, 1.807) is 16.9 Å². The molecule has 0 aliphatic heterocycles.